The standard InChI is InChI=1S/C12H20N2O2S/c1-9(2)4-6-14(7-5-11(15)16)12-13-10(3)8-17-12/h8-9H,4-7H2,1-3H3,(H,15,16). The number of thiazole rings is 1. The lowest BCUT2D eigenvalue weighted by atomic mass is 10.1. The van der Waals surface area contributed by atoms with E-state index in [9.17, 15) is 4.79 Å². The van der Waals surface area contributed by atoms with E-state index < -0.39 is 5.97 Å². The molecule has 0 saturated carbocycles. The Morgan fingerprint density at radius 1 is 1.53 bits per heavy atom. The highest BCUT2D eigenvalue weighted by atomic mass is 32.1. The summed E-state index contributed by atoms with van der Waals surface area (Å²) in [5.74, 6) is -0.142. The molecule has 0 fully saturated rings. The van der Waals surface area contributed by atoms with Crippen molar-refractivity contribution in [3.05, 3.63) is 11.1 Å². The maximum absolute atomic E-state index is 10.6. The fourth-order valence-electron chi connectivity index (χ4n) is 1.43. The highest BCUT2D eigenvalue weighted by Crippen LogP contribution is 2.21. The van der Waals surface area contributed by atoms with Crippen molar-refractivity contribution in [3.8, 4) is 0 Å². The monoisotopic (exact) mass is 256 g/mol. The highest BCUT2D eigenvalue weighted by Gasteiger charge is 2.12. The van der Waals surface area contributed by atoms with Crippen molar-refractivity contribution in [2.45, 2.75) is 33.6 Å². The Labute approximate surface area is 106 Å². The predicted octanol–water partition coefficient (Wildman–Crippen LogP) is 2.78. The van der Waals surface area contributed by atoms with E-state index in [1.807, 2.05) is 12.3 Å². The van der Waals surface area contributed by atoms with Gasteiger partial charge in [0.1, 0.15) is 0 Å². The molecule has 0 radical (unpaired) electrons. The van der Waals surface area contributed by atoms with Crippen molar-refractivity contribution >= 4 is 22.4 Å². The molecule has 5 heteroatoms. The summed E-state index contributed by atoms with van der Waals surface area (Å²) in [5.41, 5.74) is 0.995. The molecule has 1 aromatic rings. The lowest BCUT2D eigenvalue weighted by Crippen LogP contribution is -2.28. The van der Waals surface area contributed by atoms with E-state index in [0.717, 1.165) is 23.8 Å². The summed E-state index contributed by atoms with van der Waals surface area (Å²) in [6.45, 7) is 7.70. The molecule has 96 valence electrons. The van der Waals surface area contributed by atoms with Gasteiger partial charge in [-0.25, -0.2) is 4.98 Å². The van der Waals surface area contributed by atoms with Crippen LogP contribution in [0.1, 0.15) is 32.4 Å². The Morgan fingerprint density at radius 3 is 2.71 bits per heavy atom. The van der Waals surface area contributed by atoms with Crippen LogP contribution >= 0.6 is 11.3 Å². The van der Waals surface area contributed by atoms with Gasteiger partial charge >= 0.3 is 5.97 Å². The molecule has 0 amide bonds. The number of aromatic nitrogens is 1. The third-order valence-electron chi connectivity index (χ3n) is 2.45. The largest absolute Gasteiger partial charge is 0.481 e. The number of nitrogens with zero attached hydrogens (tertiary/aromatic N) is 2. The van der Waals surface area contributed by atoms with E-state index in [1.54, 1.807) is 11.3 Å². The van der Waals surface area contributed by atoms with E-state index in [0.29, 0.717) is 12.5 Å². The Morgan fingerprint density at radius 2 is 2.24 bits per heavy atom. The molecule has 1 heterocycles. The Kier molecular flexibility index (Phi) is 5.41. The second-order valence-electron chi connectivity index (χ2n) is 4.58. The predicted molar refractivity (Wildman–Crippen MR) is 70.8 cm³/mol. The smallest absolute Gasteiger partial charge is 0.305 e. The number of carboxylic acid groups (broad SMARTS) is 1. The quantitative estimate of drug-likeness (QED) is 0.815. The molecule has 0 aromatic carbocycles. The molecule has 1 rings (SSSR count). The zero-order valence-electron chi connectivity index (χ0n) is 10.6. The molecule has 0 saturated heterocycles. The number of carboxylic acids is 1. The van der Waals surface area contributed by atoms with Crippen molar-refractivity contribution in [3.63, 3.8) is 0 Å². The van der Waals surface area contributed by atoms with Gasteiger partial charge in [-0.05, 0) is 19.3 Å². The van der Waals surface area contributed by atoms with E-state index in [-0.39, 0.29) is 6.42 Å². The molecule has 1 aromatic heterocycles. The Hall–Kier alpha value is -1.10. The summed E-state index contributed by atoms with van der Waals surface area (Å²) in [4.78, 5) is 17.1. The summed E-state index contributed by atoms with van der Waals surface area (Å²) in [7, 11) is 0. The normalized spacial score (nSPS) is 10.8. The van der Waals surface area contributed by atoms with Crippen LogP contribution in [0.5, 0.6) is 0 Å². The van der Waals surface area contributed by atoms with Gasteiger partial charge < -0.3 is 10.0 Å². The van der Waals surface area contributed by atoms with Crippen molar-refractivity contribution < 1.29 is 9.90 Å². The Bertz CT molecular complexity index is 363. The maximum atomic E-state index is 10.6. The highest BCUT2D eigenvalue weighted by molar-refractivity contribution is 7.13. The van der Waals surface area contributed by atoms with Gasteiger partial charge in [-0.15, -0.1) is 11.3 Å². The van der Waals surface area contributed by atoms with Crippen LogP contribution in [0.25, 0.3) is 0 Å². The minimum absolute atomic E-state index is 0.163. The van der Waals surface area contributed by atoms with Crippen LogP contribution in [0.4, 0.5) is 5.13 Å². The van der Waals surface area contributed by atoms with E-state index >= 15 is 0 Å². The van der Waals surface area contributed by atoms with E-state index in [2.05, 4.69) is 23.7 Å². The van der Waals surface area contributed by atoms with Gasteiger partial charge in [0, 0.05) is 18.5 Å². The molecule has 0 atom stereocenters. The van der Waals surface area contributed by atoms with Crippen molar-refractivity contribution in [1.82, 2.24) is 4.98 Å². The third kappa shape index (κ3) is 5.17. The summed E-state index contributed by atoms with van der Waals surface area (Å²) < 4.78 is 0. The molecule has 4 nitrogen and oxygen atoms in total. The van der Waals surface area contributed by atoms with Crippen molar-refractivity contribution in [2.24, 2.45) is 5.92 Å². The molecular formula is C12H20N2O2S. The zero-order chi connectivity index (χ0) is 12.8. The van der Waals surface area contributed by atoms with E-state index in [1.165, 1.54) is 0 Å². The average molecular weight is 256 g/mol. The van der Waals surface area contributed by atoms with Gasteiger partial charge in [-0.2, -0.15) is 0 Å². The lowest BCUT2D eigenvalue weighted by molar-refractivity contribution is -0.136. The van der Waals surface area contributed by atoms with Gasteiger partial charge in [0.2, 0.25) is 0 Å². The van der Waals surface area contributed by atoms with Crippen LogP contribution in [0.2, 0.25) is 0 Å². The summed E-state index contributed by atoms with van der Waals surface area (Å²) >= 11 is 1.58. The minimum atomic E-state index is -0.757. The van der Waals surface area contributed by atoms with Crippen LogP contribution < -0.4 is 4.90 Å². The van der Waals surface area contributed by atoms with Gasteiger partial charge in [0.15, 0.2) is 5.13 Å². The topological polar surface area (TPSA) is 53.4 Å². The maximum Gasteiger partial charge on any atom is 0.305 e. The first-order valence-corrected chi connectivity index (χ1v) is 6.76. The number of carbonyl (C=O) groups is 1. The second-order valence-corrected chi connectivity index (χ2v) is 5.42. The number of rotatable bonds is 7. The molecule has 0 spiro atoms. The van der Waals surface area contributed by atoms with Crippen LogP contribution in [0.3, 0.4) is 0 Å². The first-order valence-electron chi connectivity index (χ1n) is 5.88. The fraction of sp³-hybridized carbons (Fsp3) is 0.667. The first-order chi connectivity index (χ1) is 7.99. The van der Waals surface area contributed by atoms with Crippen LogP contribution in [0.15, 0.2) is 5.38 Å². The van der Waals surface area contributed by atoms with Crippen LogP contribution in [-0.4, -0.2) is 29.1 Å². The number of aryl methyl sites for hydroxylation is 1. The lowest BCUT2D eigenvalue weighted by Gasteiger charge is -2.21. The molecule has 0 aliphatic rings. The number of hydrogen-bond acceptors (Lipinski definition) is 4. The first kappa shape index (κ1) is 14.0. The molecule has 17 heavy (non-hydrogen) atoms. The molecule has 1 N–H and O–H groups in total. The molecule has 0 aliphatic carbocycles. The number of aliphatic carboxylic acids is 1. The average Bonchev–Trinajstić information content (AvgIpc) is 2.64. The van der Waals surface area contributed by atoms with Crippen molar-refractivity contribution in [2.75, 3.05) is 18.0 Å². The number of anilines is 1. The zero-order valence-corrected chi connectivity index (χ0v) is 11.5. The molecule has 0 aliphatic heterocycles. The van der Waals surface area contributed by atoms with Crippen molar-refractivity contribution in [1.29, 1.82) is 0 Å². The molecule has 0 bridgehead atoms. The summed E-state index contributed by atoms with van der Waals surface area (Å²) in [5, 5.41) is 11.7. The van der Waals surface area contributed by atoms with Gasteiger partial charge in [-0.1, -0.05) is 13.8 Å². The second kappa shape index (κ2) is 6.59. The number of hydrogen-bond donors (Lipinski definition) is 1. The molecule has 0 unspecified atom stereocenters. The fourth-order valence-corrected chi connectivity index (χ4v) is 2.29. The summed E-state index contributed by atoms with van der Waals surface area (Å²) in [6.07, 6.45) is 1.22. The Balaban J connectivity index is 2.61. The SMILES string of the molecule is Cc1csc(N(CCC(=O)O)CCC(C)C)n1. The van der Waals surface area contributed by atoms with E-state index in [4.69, 9.17) is 5.11 Å². The summed E-state index contributed by atoms with van der Waals surface area (Å²) in [6, 6.07) is 0. The molecular weight excluding hydrogens is 236 g/mol. The van der Waals surface area contributed by atoms with Gasteiger partial charge in [0.25, 0.3) is 0 Å². The van der Waals surface area contributed by atoms with Gasteiger partial charge in [0.05, 0.1) is 12.1 Å². The van der Waals surface area contributed by atoms with Gasteiger partial charge in [-0.3, -0.25) is 4.79 Å². The van der Waals surface area contributed by atoms with Crippen LogP contribution in [0, 0.1) is 12.8 Å². The third-order valence-corrected chi connectivity index (χ3v) is 3.47. The minimum Gasteiger partial charge on any atom is -0.481 e. The van der Waals surface area contributed by atoms with Crippen LogP contribution in [-0.2, 0) is 4.79 Å².